The minimum absolute atomic E-state index is 0.00751. The van der Waals surface area contributed by atoms with Crippen LogP contribution in [-0.4, -0.2) is 51.2 Å². The second-order valence-electron chi connectivity index (χ2n) is 9.66. The number of benzene rings is 1. The van der Waals surface area contributed by atoms with Gasteiger partial charge in [0.1, 0.15) is 11.4 Å². The van der Waals surface area contributed by atoms with E-state index >= 15 is 0 Å². The maximum absolute atomic E-state index is 12.6. The molecule has 3 aliphatic heterocycles. The molecule has 176 valence electrons. The van der Waals surface area contributed by atoms with Crippen LogP contribution >= 0.6 is 11.8 Å². The van der Waals surface area contributed by atoms with Gasteiger partial charge in [-0.15, -0.1) is 11.8 Å². The van der Waals surface area contributed by atoms with Crippen molar-refractivity contribution in [1.82, 2.24) is 19.4 Å². The average Bonchev–Trinajstić information content (AvgIpc) is 3.23. The molecule has 6 rings (SSSR count). The van der Waals surface area contributed by atoms with Crippen LogP contribution in [0.1, 0.15) is 30.0 Å². The predicted octanol–water partition coefficient (Wildman–Crippen LogP) is 2.19. The largest absolute Gasteiger partial charge is 0.310 e. The van der Waals surface area contributed by atoms with Crippen molar-refractivity contribution in [3.05, 3.63) is 74.3 Å². The van der Waals surface area contributed by atoms with Gasteiger partial charge in [-0.1, -0.05) is 12.1 Å². The van der Waals surface area contributed by atoms with Crippen molar-refractivity contribution < 1.29 is 4.79 Å². The fraction of sp³-hybridized carbons (Fsp3) is 0.423. The Morgan fingerprint density at radius 3 is 2.59 bits per heavy atom. The van der Waals surface area contributed by atoms with Crippen molar-refractivity contribution >= 4 is 28.6 Å². The summed E-state index contributed by atoms with van der Waals surface area (Å²) in [5.74, 6) is 0.903. The smallest absolute Gasteiger partial charge is 0.252 e. The number of pyridine rings is 2. The Balaban J connectivity index is 1.06. The van der Waals surface area contributed by atoms with Gasteiger partial charge < -0.3 is 10.2 Å². The third-order valence-electron chi connectivity index (χ3n) is 7.37. The number of nitrogens with zero attached hydrogens (tertiary/aromatic N) is 3. The van der Waals surface area contributed by atoms with Crippen molar-refractivity contribution in [1.29, 1.82) is 0 Å². The van der Waals surface area contributed by atoms with Crippen LogP contribution in [0.2, 0.25) is 0 Å². The van der Waals surface area contributed by atoms with E-state index in [1.54, 1.807) is 28.5 Å². The zero-order valence-corrected chi connectivity index (χ0v) is 19.9. The fourth-order valence-corrected chi connectivity index (χ4v) is 6.51. The highest BCUT2D eigenvalue weighted by atomic mass is 32.2. The van der Waals surface area contributed by atoms with E-state index in [0.29, 0.717) is 30.5 Å². The Morgan fingerprint density at radius 1 is 0.971 bits per heavy atom. The van der Waals surface area contributed by atoms with Gasteiger partial charge in [0.05, 0.1) is 11.8 Å². The summed E-state index contributed by atoms with van der Waals surface area (Å²) in [5.41, 5.74) is 3.08. The molecule has 5 heterocycles. The number of fused-ring (bicyclic) bond motifs is 1. The van der Waals surface area contributed by atoms with E-state index in [-0.39, 0.29) is 17.2 Å². The number of carbonyl (C=O) groups is 1. The van der Waals surface area contributed by atoms with Gasteiger partial charge in [-0.2, -0.15) is 0 Å². The molecule has 3 aliphatic rings. The third kappa shape index (κ3) is 4.04. The summed E-state index contributed by atoms with van der Waals surface area (Å²) in [6.07, 6.45) is 2.67. The van der Waals surface area contributed by atoms with Crippen LogP contribution in [0.5, 0.6) is 0 Å². The van der Waals surface area contributed by atoms with Gasteiger partial charge in [-0.3, -0.25) is 23.5 Å². The molecule has 1 aromatic carbocycles. The Morgan fingerprint density at radius 2 is 1.76 bits per heavy atom. The maximum Gasteiger partial charge on any atom is 0.252 e. The molecule has 0 radical (unpaired) electrons. The molecule has 3 aromatic rings. The molecule has 0 spiro atoms. The Labute approximate surface area is 201 Å². The second kappa shape index (κ2) is 8.83. The minimum atomic E-state index is -0.0394. The molecular formula is C26H28N4O3S. The standard InChI is InChI=1S/C26H28N4O3S/c31-22-12-19-11-17(1-4-23(19)34-16-22)13-27-20-7-9-28(10-8-20)14-21-15-29-24(32)5-2-18-3-6-25(33)30(21)26(18)29/h1-6,11,20-21,27H,7-10,12-16H2. The fourth-order valence-electron chi connectivity index (χ4n) is 5.62. The quantitative estimate of drug-likeness (QED) is 0.609. The number of hydrogen-bond donors (Lipinski definition) is 1. The van der Waals surface area contributed by atoms with Gasteiger partial charge in [0.25, 0.3) is 11.1 Å². The lowest BCUT2D eigenvalue weighted by atomic mass is 10.0. The number of thioether (sulfide) groups is 1. The van der Waals surface area contributed by atoms with Crippen LogP contribution in [-0.2, 0) is 24.3 Å². The predicted molar refractivity (Wildman–Crippen MR) is 134 cm³/mol. The zero-order valence-electron chi connectivity index (χ0n) is 19.0. The molecule has 0 bridgehead atoms. The Hall–Kier alpha value is -2.68. The molecule has 0 saturated carbocycles. The van der Waals surface area contributed by atoms with Crippen molar-refractivity contribution in [2.75, 3.05) is 25.4 Å². The minimum Gasteiger partial charge on any atom is -0.310 e. The van der Waals surface area contributed by atoms with Gasteiger partial charge >= 0.3 is 0 Å². The second-order valence-corrected chi connectivity index (χ2v) is 10.7. The van der Waals surface area contributed by atoms with Gasteiger partial charge in [-0.25, -0.2) is 0 Å². The number of nitrogens with one attached hydrogen (secondary N) is 1. The van der Waals surface area contributed by atoms with Crippen LogP contribution in [0.3, 0.4) is 0 Å². The highest BCUT2D eigenvalue weighted by Gasteiger charge is 2.29. The van der Waals surface area contributed by atoms with Gasteiger partial charge in [0.15, 0.2) is 0 Å². The molecule has 8 heteroatoms. The molecule has 1 saturated heterocycles. The molecule has 1 atom stereocenters. The van der Waals surface area contributed by atoms with Crippen molar-refractivity contribution in [3.8, 4) is 0 Å². The summed E-state index contributed by atoms with van der Waals surface area (Å²) >= 11 is 1.65. The van der Waals surface area contributed by atoms with Crippen LogP contribution in [0.4, 0.5) is 0 Å². The molecule has 0 amide bonds. The average molecular weight is 477 g/mol. The lowest BCUT2D eigenvalue weighted by molar-refractivity contribution is -0.116. The summed E-state index contributed by atoms with van der Waals surface area (Å²) in [4.78, 5) is 40.5. The normalized spacial score (nSPS) is 20.7. The molecule has 2 aromatic heterocycles. The Kier molecular flexibility index (Phi) is 5.67. The Bertz CT molecular complexity index is 1380. The van der Waals surface area contributed by atoms with E-state index in [0.717, 1.165) is 55.6 Å². The van der Waals surface area contributed by atoms with Crippen LogP contribution in [0.15, 0.2) is 56.9 Å². The molecule has 7 nitrogen and oxygen atoms in total. The monoisotopic (exact) mass is 476 g/mol. The number of rotatable bonds is 5. The van der Waals surface area contributed by atoms with Crippen molar-refractivity contribution in [3.63, 3.8) is 0 Å². The van der Waals surface area contributed by atoms with E-state index in [2.05, 4.69) is 28.4 Å². The first-order chi connectivity index (χ1) is 16.5. The van der Waals surface area contributed by atoms with E-state index in [1.165, 1.54) is 10.5 Å². The van der Waals surface area contributed by atoms with E-state index in [4.69, 9.17) is 0 Å². The van der Waals surface area contributed by atoms with Crippen LogP contribution in [0, 0.1) is 0 Å². The highest BCUT2D eigenvalue weighted by molar-refractivity contribution is 8.00. The molecule has 1 N–H and O–H groups in total. The summed E-state index contributed by atoms with van der Waals surface area (Å²) in [7, 11) is 0. The summed E-state index contributed by atoms with van der Waals surface area (Å²) in [6.45, 7) is 4.10. The van der Waals surface area contributed by atoms with Crippen LogP contribution < -0.4 is 16.4 Å². The van der Waals surface area contributed by atoms with E-state index < -0.39 is 0 Å². The van der Waals surface area contributed by atoms with Crippen LogP contribution in [0.25, 0.3) is 11.0 Å². The first-order valence-electron chi connectivity index (χ1n) is 12.0. The summed E-state index contributed by atoms with van der Waals surface area (Å²) in [6, 6.07) is 13.8. The highest BCUT2D eigenvalue weighted by Crippen LogP contribution is 2.29. The summed E-state index contributed by atoms with van der Waals surface area (Å²) < 4.78 is 3.57. The van der Waals surface area contributed by atoms with Gasteiger partial charge in [0, 0.05) is 54.5 Å². The number of Topliss-reactive ketones (excluding diaryl/α,β-unsaturated/α-hetero) is 1. The number of hydrogen-bond acceptors (Lipinski definition) is 6. The van der Waals surface area contributed by atoms with Gasteiger partial charge in [0.2, 0.25) is 0 Å². The number of carbonyl (C=O) groups excluding carboxylic acids is 1. The van der Waals surface area contributed by atoms with Crippen molar-refractivity contribution in [2.24, 2.45) is 0 Å². The topological polar surface area (TPSA) is 76.3 Å². The van der Waals surface area contributed by atoms with E-state index in [1.807, 2.05) is 16.7 Å². The number of likely N-dealkylation sites (tertiary alicyclic amines) is 1. The maximum atomic E-state index is 12.6. The SMILES string of the molecule is O=C1CSc2ccc(CNC3CCN(CC4Cn5c(=O)ccc6ccc(=O)n4c65)CC3)cc2C1. The third-order valence-corrected chi connectivity index (χ3v) is 8.54. The number of piperidine rings is 1. The molecular weight excluding hydrogens is 448 g/mol. The molecule has 1 unspecified atom stereocenters. The van der Waals surface area contributed by atoms with Crippen molar-refractivity contribution in [2.45, 2.75) is 49.3 Å². The summed E-state index contributed by atoms with van der Waals surface area (Å²) in [5, 5.41) is 4.64. The molecule has 0 aliphatic carbocycles. The first kappa shape index (κ1) is 21.8. The lowest BCUT2D eigenvalue weighted by Crippen LogP contribution is -2.44. The van der Waals surface area contributed by atoms with Gasteiger partial charge in [-0.05, 0) is 55.3 Å². The van der Waals surface area contributed by atoms with E-state index in [9.17, 15) is 14.4 Å². The number of aromatic nitrogens is 2. The first-order valence-corrected chi connectivity index (χ1v) is 13.0. The molecule has 34 heavy (non-hydrogen) atoms. The zero-order chi connectivity index (χ0) is 23.2. The number of ketones is 1. The lowest BCUT2D eigenvalue weighted by Gasteiger charge is -2.34. The molecule has 1 fully saturated rings.